The summed E-state index contributed by atoms with van der Waals surface area (Å²) in [7, 11) is 0. The average molecular weight is 198 g/mol. The summed E-state index contributed by atoms with van der Waals surface area (Å²) in [5.41, 5.74) is 0. The van der Waals surface area contributed by atoms with Crippen LogP contribution in [0.2, 0.25) is 0 Å². The van der Waals surface area contributed by atoms with Crippen LogP contribution in [0, 0.1) is 0 Å². The summed E-state index contributed by atoms with van der Waals surface area (Å²) < 4.78 is 4.69. The van der Waals surface area contributed by atoms with Gasteiger partial charge in [0.05, 0.1) is 6.61 Å². The van der Waals surface area contributed by atoms with Crippen LogP contribution in [0.15, 0.2) is 6.33 Å². The molecule has 0 aromatic carbocycles. The second kappa shape index (κ2) is 5.95. The van der Waals surface area contributed by atoms with Crippen LogP contribution >= 0.6 is 0 Å². The first kappa shape index (κ1) is 10.5. The standard InChI is InChI=1S/C8H14N4O2/c1-2-14-8(13)9-5-3-4-7-10-6-11-12-7/h6H,2-5H2,1H3,(H,9,13)(H,10,11,12). The lowest BCUT2D eigenvalue weighted by atomic mass is 10.3. The van der Waals surface area contributed by atoms with Crippen LogP contribution in [0.3, 0.4) is 0 Å². The topological polar surface area (TPSA) is 79.9 Å². The van der Waals surface area contributed by atoms with E-state index >= 15 is 0 Å². The molecule has 1 aromatic rings. The molecule has 0 aliphatic rings. The summed E-state index contributed by atoms with van der Waals surface area (Å²) in [5.74, 6) is 0.829. The molecule has 0 fully saturated rings. The van der Waals surface area contributed by atoms with Crippen LogP contribution in [0.25, 0.3) is 0 Å². The highest BCUT2D eigenvalue weighted by Gasteiger charge is 1.99. The van der Waals surface area contributed by atoms with Crippen molar-refractivity contribution in [3.05, 3.63) is 12.2 Å². The van der Waals surface area contributed by atoms with Crippen molar-refractivity contribution in [2.24, 2.45) is 0 Å². The molecule has 0 saturated carbocycles. The van der Waals surface area contributed by atoms with E-state index in [2.05, 4.69) is 20.5 Å². The maximum Gasteiger partial charge on any atom is 0.407 e. The normalized spacial score (nSPS) is 9.79. The lowest BCUT2D eigenvalue weighted by molar-refractivity contribution is 0.152. The fraction of sp³-hybridized carbons (Fsp3) is 0.625. The zero-order valence-electron chi connectivity index (χ0n) is 8.12. The molecule has 1 rings (SSSR count). The molecule has 1 heterocycles. The van der Waals surface area contributed by atoms with Gasteiger partial charge >= 0.3 is 6.09 Å². The number of ether oxygens (including phenoxy) is 1. The molecule has 0 aliphatic carbocycles. The van der Waals surface area contributed by atoms with Crippen molar-refractivity contribution >= 4 is 6.09 Å². The Morgan fingerprint density at radius 1 is 1.71 bits per heavy atom. The predicted molar refractivity (Wildman–Crippen MR) is 49.7 cm³/mol. The molecule has 14 heavy (non-hydrogen) atoms. The number of hydrogen-bond donors (Lipinski definition) is 2. The second-order valence-electron chi connectivity index (χ2n) is 2.68. The summed E-state index contributed by atoms with van der Waals surface area (Å²) in [6.45, 7) is 2.75. The largest absolute Gasteiger partial charge is 0.450 e. The highest BCUT2D eigenvalue weighted by atomic mass is 16.5. The number of amides is 1. The van der Waals surface area contributed by atoms with Crippen molar-refractivity contribution in [1.82, 2.24) is 20.5 Å². The van der Waals surface area contributed by atoms with E-state index < -0.39 is 0 Å². The van der Waals surface area contributed by atoms with E-state index in [1.54, 1.807) is 6.92 Å². The number of aromatic nitrogens is 3. The van der Waals surface area contributed by atoms with Crippen molar-refractivity contribution in [3.8, 4) is 0 Å². The van der Waals surface area contributed by atoms with Crippen LogP contribution in [0.4, 0.5) is 4.79 Å². The number of aromatic amines is 1. The molecule has 0 unspecified atom stereocenters. The molecule has 78 valence electrons. The third-order valence-corrected chi connectivity index (χ3v) is 1.60. The quantitative estimate of drug-likeness (QED) is 0.674. The smallest absolute Gasteiger partial charge is 0.407 e. The Balaban J connectivity index is 2.02. The van der Waals surface area contributed by atoms with Gasteiger partial charge in [0.2, 0.25) is 0 Å². The van der Waals surface area contributed by atoms with Gasteiger partial charge in [-0.1, -0.05) is 0 Å². The van der Waals surface area contributed by atoms with Crippen LogP contribution in [-0.2, 0) is 11.2 Å². The number of alkyl carbamates (subject to hydrolysis) is 1. The molecule has 0 spiro atoms. The van der Waals surface area contributed by atoms with Gasteiger partial charge in [0.25, 0.3) is 0 Å². The van der Waals surface area contributed by atoms with E-state index in [1.807, 2.05) is 0 Å². The number of hydrogen-bond acceptors (Lipinski definition) is 4. The third-order valence-electron chi connectivity index (χ3n) is 1.60. The molecule has 0 bridgehead atoms. The van der Waals surface area contributed by atoms with Crippen LogP contribution in [0.1, 0.15) is 19.2 Å². The second-order valence-corrected chi connectivity index (χ2v) is 2.68. The molecular weight excluding hydrogens is 184 g/mol. The fourth-order valence-electron chi connectivity index (χ4n) is 0.980. The van der Waals surface area contributed by atoms with Gasteiger partial charge in [-0.2, -0.15) is 5.10 Å². The van der Waals surface area contributed by atoms with E-state index in [9.17, 15) is 4.79 Å². The Labute approximate surface area is 82.1 Å². The van der Waals surface area contributed by atoms with E-state index in [1.165, 1.54) is 6.33 Å². The molecule has 0 atom stereocenters. The average Bonchev–Trinajstić information content (AvgIpc) is 2.65. The van der Waals surface area contributed by atoms with Gasteiger partial charge in [0.1, 0.15) is 12.2 Å². The fourth-order valence-corrected chi connectivity index (χ4v) is 0.980. The Kier molecular flexibility index (Phi) is 4.46. The Morgan fingerprint density at radius 3 is 3.21 bits per heavy atom. The molecular formula is C8H14N4O2. The molecule has 2 N–H and O–H groups in total. The lowest BCUT2D eigenvalue weighted by Gasteiger charge is -2.03. The molecule has 0 radical (unpaired) electrons. The SMILES string of the molecule is CCOC(=O)NCCCc1ncn[nH]1. The van der Waals surface area contributed by atoms with Gasteiger partial charge < -0.3 is 10.1 Å². The minimum absolute atomic E-state index is 0.370. The number of carbonyl (C=O) groups excluding carboxylic acids is 1. The first-order chi connectivity index (χ1) is 6.83. The molecule has 1 aromatic heterocycles. The zero-order chi connectivity index (χ0) is 10.2. The van der Waals surface area contributed by atoms with Crippen molar-refractivity contribution in [1.29, 1.82) is 0 Å². The van der Waals surface area contributed by atoms with Crippen LogP contribution < -0.4 is 5.32 Å². The minimum atomic E-state index is -0.370. The monoisotopic (exact) mass is 198 g/mol. The van der Waals surface area contributed by atoms with Gasteiger partial charge in [-0.15, -0.1) is 0 Å². The van der Waals surface area contributed by atoms with Crippen molar-refractivity contribution in [2.45, 2.75) is 19.8 Å². The molecule has 6 nitrogen and oxygen atoms in total. The van der Waals surface area contributed by atoms with E-state index in [-0.39, 0.29) is 6.09 Å². The first-order valence-corrected chi connectivity index (χ1v) is 4.57. The van der Waals surface area contributed by atoms with Crippen molar-refractivity contribution in [3.63, 3.8) is 0 Å². The van der Waals surface area contributed by atoms with Gasteiger partial charge in [0.15, 0.2) is 0 Å². The van der Waals surface area contributed by atoms with Gasteiger partial charge in [-0.25, -0.2) is 9.78 Å². The summed E-state index contributed by atoms with van der Waals surface area (Å²) in [6, 6.07) is 0. The first-order valence-electron chi connectivity index (χ1n) is 4.57. The Bertz CT molecular complexity index is 260. The molecule has 1 amide bonds. The van der Waals surface area contributed by atoms with Crippen LogP contribution in [0.5, 0.6) is 0 Å². The van der Waals surface area contributed by atoms with E-state index in [0.717, 1.165) is 18.7 Å². The van der Waals surface area contributed by atoms with Gasteiger partial charge in [0, 0.05) is 13.0 Å². The predicted octanol–water partition coefficient (Wildman–Crippen LogP) is 0.483. The van der Waals surface area contributed by atoms with Crippen molar-refractivity contribution in [2.75, 3.05) is 13.2 Å². The van der Waals surface area contributed by atoms with Gasteiger partial charge in [-0.3, -0.25) is 5.10 Å². The highest BCUT2D eigenvalue weighted by molar-refractivity contribution is 5.66. The van der Waals surface area contributed by atoms with E-state index in [4.69, 9.17) is 4.74 Å². The van der Waals surface area contributed by atoms with Crippen LogP contribution in [-0.4, -0.2) is 34.4 Å². The minimum Gasteiger partial charge on any atom is -0.450 e. The molecule has 0 aliphatic heterocycles. The number of nitrogens with one attached hydrogen (secondary N) is 2. The summed E-state index contributed by atoms with van der Waals surface area (Å²) >= 11 is 0. The zero-order valence-corrected chi connectivity index (χ0v) is 8.12. The van der Waals surface area contributed by atoms with E-state index in [0.29, 0.717) is 13.2 Å². The number of nitrogens with zero attached hydrogens (tertiary/aromatic N) is 2. The molecule has 0 saturated heterocycles. The Morgan fingerprint density at radius 2 is 2.57 bits per heavy atom. The summed E-state index contributed by atoms with van der Waals surface area (Å²) in [6.07, 6.45) is 2.68. The summed E-state index contributed by atoms with van der Waals surface area (Å²) in [5, 5.41) is 9.09. The van der Waals surface area contributed by atoms with Crippen molar-refractivity contribution < 1.29 is 9.53 Å². The molecule has 6 heteroatoms. The number of aryl methyl sites for hydroxylation is 1. The lowest BCUT2D eigenvalue weighted by Crippen LogP contribution is -2.25. The maximum absolute atomic E-state index is 10.8. The third kappa shape index (κ3) is 3.88. The number of rotatable bonds is 5. The highest BCUT2D eigenvalue weighted by Crippen LogP contribution is 1.91. The number of H-pyrrole nitrogens is 1. The van der Waals surface area contributed by atoms with Gasteiger partial charge in [-0.05, 0) is 13.3 Å². The Hall–Kier alpha value is -1.59. The maximum atomic E-state index is 10.8. The number of carbonyl (C=O) groups is 1. The summed E-state index contributed by atoms with van der Waals surface area (Å²) in [4.78, 5) is 14.8.